The minimum atomic E-state index is 0.292. The molecular formula is C17H17ClN2S. The molecule has 0 saturated heterocycles. The summed E-state index contributed by atoms with van der Waals surface area (Å²) in [5, 5.41) is 8.04. The fraction of sp³-hybridized carbons (Fsp3) is 0.235. The number of rotatable bonds is 2. The zero-order valence-electron chi connectivity index (χ0n) is 11.8. The van der Waals surface area contributed by atoms with Gasteiger partial charge in [-0.25, -0.2) is 0 Å². The molecule has 108 valence electrons. The number of hydrogen-bond donors (Lipinski definition) is 2. The van der Waals surface area contributed by atoms with Crippen LogP contribution in [0.1, 0.15) is 29.2 Å². The molecule has 1 atom stereocenters. The number of benzene rings is 2. The lowest BCUT2D eigenvalue weighted by molar-refractivity contribution is 0.644. The van der Waals surface area contributed by atoms with E-state index in [1.54, 1.807) is 0 Å². The summed E-state index contributed by atoms with van der Waals surface area (Å²) in [6.45, 7) is 1.98. The molecule has 0 radical (unpaired) electrons. The van der Waals surface area contributed by atoms with Crippen molar-refractivity contribution in [2.45, 2.75) is 25.8 Å². The number of thiocarbonyl (C=S) groups is 1. The maximum atomic E-state index is 6.13. The first-order valence-corrected chi connectivity index (χ1v) is 7.84. The first kappa shape index (κ1) is 14.4. The van der Waals surface area contributed by atoms with Gasteiger partial charge in [0.1, 0.15) is 0 Å². The van der Waals surface area contributed by atoms with Gasteiger partial charge in [0.25, 0.3) is 0 Å². The van der Waals surface area contributed by atoms with Crippen LogP contribution in [0.3, 0.4) is 0 Å². The first-order chi connectivity index (χ1) is 10.1. The molecule has 0 amide bonds. The summed E-state index contributed by atoms with van der Waals surface area (Å²) >= 11 is 11.6. The van der Waals surface area contributed by atoms with Crippen LogP contribution >= 0.6 is 23.8 Å². The SMILES string of the molecule is Cc1c(Cl)cccc1NC(=S)NC1CCc2ccccc21. The molecule has 0 fully saturated rings. The molecule has 0 aliphatic heterocycles. The molecule has 2 aromatic rings. The van der Waals surface area contributed by atoms with E-state index in [0.717, 1.165) is 29.1 Å². The highest BCUT2D eigenvalue weighted by Crippen LogP contribution is 2.31. The number of nitrogens with one attached hydrogen (secondary N) is 2. The quantitative estimate of drug-likeness (QED) is 0.790. The van der Waals surface area contributed by atoms with Crippen LogP contribution < -0.4 is 10.6 Å². The van der Waals surface area contributed by atoms with Gasteiger partial charge < -0.3 is 10.6 Å². The maximum absolute atomic E-state index is 6.13. The normalized spacial score (nSPS) is 16.4. The summed E-state index contributed by atoms with van der Waals surface area (Å²) in [7, 11) is 0. The van der Waals surface area contributed by atoms with Crippen LogP contribution in [0.5, 0.6) is 0 Å². The van der Waals surface area contributed by atoms with Crippen molar-refractivity contribution in [3.8, 4) is 0 Å². The first-order valence-electron chi connectivity index (χ1n) is 7.05. The molecule has 0 heterocycles. The zero-order chi connectivity index (χ0) is 14.8. The summed E-state index contributed by atoms with van der Waals surface area (Å²) in [4.78, 5) is 0. The van der Waals surface area contributed by atoms with Crippen molar-refractivity contribution < 1.29 is 0 Å². The van der Waals surface area contributed by atoms with Crippen LogP contribution in [0.2, 0.25) is 5.02 Å². The van der Waals surface area contributed by atoms with Gasteiger partial charge in [0.05, 0.1) is 6.04 Å². The van der Waals surface area contributed by atoms with Crippen LogP contribution in [0.4, 0.5) is 5.69 Å². The highest BCUT2D eigenvalue weighted by Gasteiger charge is 2.22. The molecule has 2 nitrogen and oxygen atoms in total. The van der Waals surface area contributed by atoms with Crippen molar-refractivity contribution in [2.24, 2.45) is 0 Å². The zero-order valence-corrected chi connectivity index (χ0v) is 13.4. The molecular weight excluding hydrogens is 300 g/mol. The highest BCUT2D eigenvalue weighted by molar-refractivity contribution is 7.80. The van der Waals surface area contributed by atoms with Crippen molar-refractivity contribution >= 4 is 34.6 Å². The second-order valence-corrected chi connectivity index (χ2v) is 6.12. The van der Waals surface area contributed by atoms with Gasteiger partial charge in [-0.15, -0.1) is 0 Å². The standard InChI is InChI=1S/C17H17ClN2S/c1-11-14(18)7-4-8-15(11)19-17(21)20-16-10-9-12-5-2-3-6-13(12)16/h2-8,16H,9-10H2,1H3,(H2,19,20,21). The predicted molar refractivity (Wildman–Crippen MR) is 93.0 cm³/mol. The van der Waals surface area contributed by atoms with Gasteiger partial charge in [0.2, 0.25) is 0 Å². The minimum absolute atomic E-state index is 0.292. The van der Waals surface area contributed by atoms with E-state index in [0.29, 0.717) is 11.2 Å². The Labute approximate surface area is 135 Å². The Morgan fingerprint density at radius 2 is 2.00 bits per heavy atom. The average Bonchev–Trinajstić information content (AvgIpc) is 2.87. The van der Waals surface area contributed by atoms with E-state index in [2.05, 4.69) is 34.9 Å². The lowest BCUT2D eigenvalue weighted by atomic mass is 10.1. The van der Waals surface area contributed by atoms with Gasteiger partial charge in [0, 0.05) is 10.7 Å². The number of aryl methyl sites for hydroxylation is 1. The summed E-state index contributed by atoms with van der Waals surface area (Å²) in [5.74, 6) is 0. The smallest absolute Gasteiger partial charge is 0.171 e. The molecule has 2 aromatic carbocycles. The fourth-order valence-electron chi connectivity index (χ4n) is 2.77. The van der Waals surface area contributed by atoms with Crippen LogP contribution in [0, 0.1) is 6.92 Å². The molecule has 2 N–H and O–H groups in total. The van der Waals surface area contributed by atoms with Crippen molar-refractivity contribution in [3.05, 3.63) is 64.2 Å². The van der Waals surface area contributed by atoms with E-state index < -0.39 is 0 Å². The Morgan fingerprint density at radius 3 is 2.86 bits per heavy atom. The molecule has 0 saturated carbocycles. The highest BCUT2D eigenvalue weighted by atomic mass is 35.5. The molecule has 1 aliphatic rings. The molecule has 1 aliphatic carbocycles. The van der Waals surface area contributed by atoms with Crippen LogP contribution in [0.15, 0.2) is 42.5 Å². The van der Waals surface area contributed by atoms with Gasteiger partial charge in [-0.2, -0.15) is 0 Å². The van der Waals surface area contributed by atoms with E-state index in [4.69, 9.17) is 23.8 Å². The Hall–Kier alpha value is -1.58. The minimum Gasteiger partial charge on any atom is -0.356 e. The lowest BCUT2D eigenvalue weighted by Gasteiger charge is -2.18. The second-order valence-electron chi connectivity index (χ2n) is 5.30. The number of anilines is 1. The molecule has 3 rings (SSSR count). The fourth-order valence-corrected chi connectivity index (χ4v) is 3.19. The molecule has 21 heavy (non-hydrogen) atoms. The third-order valence-electron chi connectivity index (χ3n) is 3.95. The Bertz CT molecular complexity index is 684. The van der Waals surface area contributed by atoms with Crippen molar-refractivity contribution in [1.29, 1.82) is 0 Å². The summed E-state index contributed by atoms with van der Waals surface area (Å²) in [5.41, 5.74) is 4.72. The summed E-state index contributed by atoms with van der Waals surface area (Å²) < 4.78 is 0. The summed E-state index contributed by atoms with van der Waals surface area (Å²) in [6, 6.07) is 14.6. The van der Waals surface area contributed by atoms with Gasteiger partial charge in [-0.05, 0) is 60.8 Å². The topological polar surface area (TPSA) is 24.1 Å². The van der Waals surface area contributed by atoms with E-state index >= 15 is 0 Å². The van der Waals surface area contributed by atoms with E-state index in [1.165, 1.54) is 11.1 Å². The average molecular weight is 317 g/mol. The van der Waals surface area contributed by atoms with Crippen LogP contribution in [0.25, 0.3) is 0 Å². The largest absolute Gasteiger partial charge is 0.356 e. The van der Waals surface area contributed by atoms with Gasteiger partial charge in [0.15, 0.2) is 5.11 Å². The van der Waals surface area contributed by atoms with Crippen LogP contribution in [-0.4, -0.2) is 5.11 Å². The molecule has 0 bridgehead atoms. The van der Waals surface area contributed by atoms with Gasteiger partial charge >= 0.3 is 0 Å². The van der Waals surface area contributed by atoms with E-state index in [-0.39, 0.29) is 0 Å². The molecule has 0 aromatic heterocycles. The third kappa shape index (κ3) is 3.04. The predicted octanol–water partition coefficient (Wildman–Crippen LogP) is 4.62. The molecule has 4 heteroatoms. The molecule has 1 unspecified atom stereocenters. The monoisotopic (exact) mass is 316 g/mol. The number of hydrogen-bond acceptors (Lipinski definition) is 1. The Morgan fingerprint density at radius 1 is 1.19 bits per heavy atom. The van der Waals surface area contributed by atoms with Gasteiger partial charge in [-0.3, -0.25) is 0 Å². The van der Waals surface area contributed by atoms with E-state index in [9.17, 15) is 0 Å². The number of halogens is 1. The maximum Gasteiger partial charge on any atom is 0.171 e. The third-order valence-corrected chi connectivity index (χ3v) is 4.58. The van der Waals surface area contributed by atoms with Crippen molar-refractivity contribution in [3.63, 3.8) is 0 Å². The Kier molecular flexibility index (Phi) is 4.13. The lowest BCUT2D eigenvalue weighted by Crippen LogP contribution is -2.31. The molecule has 0 spiro atoms. The van der Waals surface area contributed by atoms with Gasteiger partial charge in [-0.1, -0.05) is 41.9 Å². The van der Waals surface area contributed by atoms with E-state index in [1.807, 2.05) is 25.1 Å². The second kappa shape index (κ2) is 6.04. The Balaban J connectivity index is 1.69. The van der Waals surface area contributed by atoms with Crippen LogP contribution in [-0.2, 0) is 6.42 Å². The summed E-state index contributed by atoms with van der Waals surface area (Å²) in [6.07, 6.45) is 2.18. The van der Waals surface area contributed by atoms with Crippen molar-refractivity contribution in [2.75, 3.05) is 5.32 Å². The van der Waals surface area contributed by atoms with Crippen molar-refractivity contribution in [1.82, 2.24) is 5.32 Å². The number of fused-ring (bicyclic) bond motifs is 1.